The summed E-state index contributed by atoms with van der Waals surface area (Å²) < 4.78 is 15.2. The maximum atomic E-state index is 12.9. The van der Waals surface area contributed by atoms with Gasteiger partial charge in [-0.15, -0.1) is 11.8 Å². The predicted molar refractivity (Wildman–Crippen MR) is 121 cm³/mol. The fourth-order valence-corrected chi connectivity index (χ4v) is 4.32. The van der Waals surface area contributed by atoms with Crippen molar-refractivity contribution < 1.29 is 28.6 Å². The molecule has 0 spiro atoms. The van der Waals surface area contributed by atoms with Crippen molar-refractivity contribution in [3.8, 4) is 11.8 Å². The number of ether oxygens (including phenoxy) is 3. The van der Waals surface area contributed by atoms with E-state index in [1.807, 2.05) is 30.3 Å². The molecule has 3 rings (SSSR count). The maximum absolute atomic E-state index is 12.9. The molecule has 9 heteroatoms. The number of hydrogen-bond donors (Lipinski definition) is 1. The number of hydrogen-bond acceptors (Lipinski definition) is 8. The lowest BCUT2D eigenvalue weighted by Crippen LogP contribution is -2.44. The van der Waals surface area contributed by atoms with Gasteiger partial charge in [0.25, 0.3) is 0 Å². The normalized spacial score (nSPS) is 17.5. The molecule has 0 aromatic heterocycles. The molecule has 1 aliphatic rings. The van der Waals surface area contributed by atoms with Crippen LogP contribution in [0.1, 0.15) is 21.8 Å². The second kappa shape index (κ2) is 11.2. The van der Waals surface area contributed by atoms with Crippen molar-refractivity contribution in [1.29, 1.82) is 5.26 Å². The van der Waals surface area contributed by atoms with Crippen molar-refractivity contribution in [2.75, 3.05) is 26.6 Å². The van der Waals surface area contributed by atoms with Gasteiger partial charge in [0.15, 0.2) is 0 Å². The van der Waals surface area contributed by atoms with Crippen molar-refractivity contribution in [2.45, 2.75) is 5.92 Å². The summed E-state index contributed by atoms with van der Waals surface area (Å²) in [5.41, 5.74) is 1.08. The first-order chi connectivity index (χ1) is 16.0. The summed E-state index contributed by atoms with van der Waals surface area (Å²) in [4.78, 5) is 37.1. The third-order valence-electron chi connectivity index (χ3n) is 5.02. The van der Waals surface area contributed by atoms with Gasteiger partial charge in [0.05, 0.1) is 43.1 Å². The Balaban J connectivity index is 1.88. The Morgan fingerprint density at radius 2 is 1.76 bits per heavy atom. The van der Waals surface area contributed by atoms with E-state index in [0.717, 1.165) is 5.75 Å². The number of esters is 2. The highest BCUT2D eigenvalue weighted by Gasteiger charge is 2.44. The van der Waals surface area contributed by atoms with Crippen LogP contribution in [-0.2, 0) is 19.1 Å². The van der Waals surface area contributed by atoms with Crippen LogP contribution in [0.2, 0.25) is 0 Å². The van der Waals surface area contributed by atoms with Crippen LogP contribution in [-0.4, -0.2) is 44.4 Å². The molecule has 0 saturated carbocycles. The SMILES string of the molecule is COC(=O)c1ccc([C@H]2C(C#N)=C(SCCOc3ccccc3)NC(=O)[C@@H]2C(=O)OC)cc1. The third kappa shape index (κ3) is 5.54. The molecule has 1 N–H and O–H groups in total. The molecule has 170 valence electrons. The van der Waals surface area contributed by atoms with Crippen LogP contribution in [0.3, 0.4) is 0 Å². The van der Waals surface area contributed by atoms with Gasteiger partial charge < -0.3 is 19.5 Å². The number of nitrogens with zero attached hydrogens (tertiary/aromatic N) is 1. The molecule has 1 aliphatic heterocycles. The minimum absolute atomic E-state index is 0.237. The quantitative estimate of drug-likeness (QED) is 0.359. The molecule has 8 nitrogen and oxygen atoms in total. The molecule has 2 aromatic carbocycles. The highest BCUT2D eigenvalue weighted by molar-refractivity contribution is 8.03. The molecule has 0 unspecified atom stereocenters. The van der Waals surface area contributed by atoms with E-state index in [-0.39, 0.29) is 5.57 Å². The maximum Gasteiger partial charge on any atom is 0.337 e. The summed E-state index contributed by atoms with van der Waals surface area (Å²) in [6.45, 7) is 0.353. The van der Waals surface area contributed by atoms with E-state index in [2.05, 4.69) is 11.4 Å². The Morgan fingerprint density at radius 1 is 1.06 bits per heavy atom. The number of carbonyl (C=O) groups excluding carboxylic acids is 3. The van der Waals surface area contributed by atoms with Gasteiger partial charge in [-0.2, -0.15) is 5.26 Å². The van der Waals surface area contributed by atoms with Gasteiger partial charge in [-0.25, -0.2) is 4.79 Å². The van der Waals surface area contributed by atoms with E-state index in [1.54, 1.807) is 12.1 Å². The molecule has 1 amide bonds. The first-order valence-corrected chi connectivity index (χ1v) is 11.0. The van der Waals surface area contributed by atoms with Crippen LogP contribution in [0.4, 0.5) is 0 Å². The molecule has 1 heterocycles. The number of amides is 1. The molecule has 0 saturated heterocycles. The Kier molecular flexibility index (Phi) is 8.11. The van der Waals surface area contributed by atoms with Crippen LogP contribution in [0.15, 0.2) is 65.2 Å². The summed E-state index contributed by atoms with van der Waals surface area (Å²) in [5, 5.41) is 13.0. The predicted octanol–water partition coefficient (Wildman–Crippen LogP) is 3.02. The molecule has 2 atom stereocenters. The van der Waals surface area contributed by atoms with Crippen LogP contribution < -0.4 is 10.1 Å². The molecule has 33 heavy (non-hydrogen) atoms. The van der Waals surface area contributed by atoms with Crippen molar-refractivity contribution in [3.63, 3.8) is 0 Å². The Morgan fingerprint density at radius 3 is 2.36 bits per heavy atom. The minimum Gasteiger partial charge on any atom is -0.493 e. The number of para-hydroxylation sites is 1. The van der Waals surface area contributed by atoms with Crippen LogP contribution in [0, 0.1) is 17.2 Å². The van der Waals surface area contributed by atoms with Crippen LogP contribution in [0.5, 0.6) is 5.75 Å². The number of rotatable bonds is 8. The average Bonchev–Trinajstić information content (AvgIpc) is 2.86. The lowest BCUT2D eigenvalue weighted by atomic mass is 9.78. The first-order valence-electron chi connectivity index (χ1n) is 10.0. The molecule has 2 aromatic rings. The largest absolute Gasteiger partial charge is 0.493 e. The minimum atomic E-state index is -1.24. The Labute approximate surface area is 195 Å². The standard InChI is InChI=1S/C24H22N2O6S/c1-30-23(28)16-10-8-15(9-11-16)19-18(14-25)22(26-21(27)20(19)24(29)31-2)33-13-12-32-17-6-4-3-5-7-17/h3-11,19-20H,12-13H2,1-2H3,(H,26,27)/t19-,20+/m0/s1. The number of carbonyl (C=O) groups is 3. The van der Waals surface area contributed by atoms with Crippen molar-refractivity contribution in [3.05, 3.63) is 76.3 Å². The molecule has 0 fully saturated rings. The fourth-order valence-electron chi connectivity index (χ4n) is 3.44. The third-order valence-corrected chi connectivity index (χ3v) is 6.00. The lowest BCUT2D eigenvalue weighted by molar-refractivity contribution is -0.150. The second-order valence-electron chi connectivity index (χ2n) is 6.95. The van der Waals surface area contributed by atoms with Crippen molar-refractivity contribution in [1.82, 2.24) is 5.32 Å². The monoisotopic (exact) mass is 466 g/mol. The number of nitrogens with one attached hydrogen (secondary N) is 1. The first kappa shape index (κ1) is 23.9. The topological polar surface area (TPSA) is 115 Å². The van der Waals surface area contributed by atoms with Gasteiger partial charge in [-0.05, 0) is 29.8 Å². The highest BCUT2D eigenvalue weighted by Crippen LogP contribution is 2.40. The zero-order valence-electron chi connectivity index (χ0n) is 18.1. The summed E-state index contributed by atoms with van der Waals surface area (Å²) >= 11 is 1.26. The summed E-state index contributed by atoms with van der Waals surface area (Å²) in [6, 6.07) is 17.7. The van der Waals surface area contributed by atoms with E-state index in [1.165, 1.54) is 38.1 Å². The number of nitriles is 1. The van der Waals surface area contributed by atoms with Gasteiger partial charge in [0.2, 0.25) is 5.91 Å². The smallest absolute Gasteiger partial charge is 0.337 e. The highest BCUT2D eigenvalue weighted by atomic mass is 32.2. The van der Waals surface area contributed by atoms with Crippen LogP contribution in [0.25, 0.3) is 0 Å². The van der Waals surface area contributed by atoms with Gasteiger partial charge in [0.1, 0.15) is 11.7 Å². The fraction of sp³-hybridized carbons (Fsp3) is 0.250. The molecular weight excluding hydrogens is 444 g/mol. The van der Waals surface area contributed by atoms with Crippen molar-refractivity contribution in [2.24, 2.45) is 5.92 Å². The molecular formula is C24H22N2O6S. The average molecular weight is 467 g/mol. The molecule has 0 radical (unpaired) electrons. The summed E-state index contributed by atoms with van der Waals surface area (Å²) in [5.74, 6) is -2.74. The zero-order chi connectivity index (χ0) is 23.8. The van der Waals surface area contributed by atoms with Gasteiger partial charge >= 0.3 is 11.9 Å². The van der Waals surface area contributed by atoms with Gasteiger partial charge in [-0.1, -0.05) is 30.3 Å². The number of methoxy groups -OCH3 is 2. The second-order valence-corrected chi connectivity index (χ2v) is 8.05. The van der Waals surface area contributed by atoms with E-state index >= 15 is 0 Å². The number of thioether (sulfide) groups is 1. The summed E-state index contributed by atoms with van der Waals surface area (Å²) in [7, 11) is 2.46. The zero-order valence-corrected chi connectivity index (χ0v) is 18.9. The van der Waals surface area contributed by atoms with E-state index < -0.39 is 29.7 Å². The van der Waals surface area contributed by atoms with E-state index in [9.17, 15) is 19.6 Å². The Bertz CT molecular complexity index is 1090. The Hall–Kier alpha value is -3.77. The van der Waals surface area contributed by atoms with E-state index in [4.69, 9.17) is 14.2 Å². The molecule has 0 aliphatic carbocycles. The van der Waals surface area contributed by atoms with Crippen molar-refractivity contribution >= 4 is 29.6 Å². The van der Waals surface area contributed by atoms with Crippen LogP contribution >= 0.6 is 11.8 Å². The lowest BCUT2D eigenvalue weighted by Gasteiger charge is -2.31. The van der Waals surface area contributed by atoms with E-state index in [0.29, 0.717) is 28.5 Å². The summed E-state index contributed by atoms with van der Waals surface area (Å²) in [6.07, 6.45) is 0. The van der Waals surface area contributed by atoms with Gasteiger partial charge in [-0.3, -0.25) is 9.59 Å². The molecule has 0 bridgehead atoms. The number of allylic oxidation sites excluding steroid dienone is 1. The number of benzene rings is 2. The van der Waals surface area contributed by atoms with Gasteiger partial charge in [0, 0.05) is 11.7 Å².